The topological polar surface area (TPSA) is 55.1 Å². The van der Waals surface area contributed by atoms with Crippen molar-refractivity contribution in [3.8, 4) is 0 Å². The van der Waals surface area contributed by atoms with E-state index in [1.165, 1.54) is 12.1 Å². The average molecular weight is 387 g/mol. The summed E-state index contributed by atoms with van der Waals surface area (Å²) in [7, 11) is 0. The first-order valence-electron chi connectivity index (χ1n) is 9.00. The molecule has 138 valence electrons. The number of rotatable bonds is 4. The fraction of sp³-hybridized carbons (Fsp3) is 0.632. The minimum absolute atomic E-state index is 0.178. The second-order valence-corrected chi connectivity index (χ2v) is 8.67. The molecule has 3 nitrogen and oxygen atoms in total. The lowest BCUT2D eigenvalue weighted by Crippen LogP contribution is -2.54. The van der Waals surface area contributed by atoms with Crippen molar-refractivity contribution in [1.29, 1.82) is 0 Å². The van der Waals surface area contributed by atoms with Gasteiger partial charge in [-0.25, -0.2) is 4.39 Å². The first-order valence-corrected chi connectivity index (χ1v) is 9.76. The molecule has 2 fully saturated rings. The van der Waals surface area contributed by atoms with Gasteiger partial charge in [0.2, 0.25) is 5.91 Å². The average Bonchev–Trinajstić information content (AvgIpc) is 3.20. The van der Waals surface area contributed by atoms with Gasteiger partial charge in [-0.2, -0.15) is 0 Å². The molecule has 3 N–H and O–H groups in total. The molecular weight excluding hydrogens is 362 g/mol. The first-order chi connectivity index (χ1) is 11.8. The first kappa shape index (κ1) is 18.9. The predicted molar refractivity (Wildman–Crippen MR) is 99.3 cm³/mol. The van der Waals surface area contributed by atoms with E-state index >= 15 is 0 Å². The van der Waals surface area contributed by atoms with E-state index < -0.39 is 17.4 Å². The maximum Gasteiger partial charge on any atom is 0.240 e. The van der Waals surface area contributed by atoms with Gasteiger partial charge in [0.15, 0.2) is 0 Å². The molecule has 0 aromatic heterocycles. The van der Waals surface area contributed by atoms with Gasteiger partial charge in [-0.3, -0.25) is 4.79 Å². The van der Waals surface area contributed by atoms with Crippen LogP contribution < -0.4 is 11.1 Å². The van der Waals surface area contributed by atoms with E-state index in [0.29, 0.717) is 17.9 Å². The van der Waals surface area contributed by atoms with E-state index in [1.807, 2.05) is 0 Å². The molecule has 2 saturated carbocycles. The van der Waals surface area contributed by atoms with Crippen LogP contribution in [0.3, 0.4) is 0 Å². The van der Waals surface area contributed by atoms with Gasteiger partial charge in [-0.1, -0.05) is 55.8 Å². The summed E-state index contributed by atoms with van der Waals surface area (Å²) in [6.45, 7) is 2.08. The van der Waals surface area contributed by atoms with Crippen LogP contribution in [0, 0.1) is 11.2 Å². The Bertz CT molecular complexity index is 668. The lowest BCUT2D eigenvalue weighted by atomic mass is 9.76. The van der Waals surface area contributed by atoms with Gasteiger partial charge in [0.1, 0.15) is 5.82 Å². The minimum Gasteiger partial charge on any atom is -0.347 e. The SMILES string of the molecule is CC1([C@H](NC(=O)C2(N)CCCC2)c2c(F)ccc(Cl)c2Cl)CCCC1. The molecule has 0 spiro atoms. The second-order valence-electron chi connectivity index (χ2n) is 7.89. The van der Waals surface area contributed by atoms with Gasteiger partial charge in [0.05, 0.1) is 21.6 Å². The normalized spacial score (nSPS) is 22.8. The number of hydrogen-bond acceptors (Lipinski definition) is 2. The monoisotopic (exact) mass is 386 g/mol. The van der Waals surface area contributed by atoms with Gasteiger partial charge in [-0.15, -0.1) is 0 Å². The highest BCUT2D eigenvalue weighted by Gasteiger charge is 2.45. The Labute approximate surface area is 158 Å². The van der Waals surface area contributed by atoms with E-state index in [9.17, 15) is 9.18 Å². The molecule has 0 aliphatic heterocycles. The lowest BCUT2D eigenvalue weighted by Gasteiger charge is -2.38. The number of hydrogen-bond donors (Lipinski definition) is 2. The van der Waals surface area contributed by atoms with E-state index in [0.717, 1.165) is 38.5 Å². The van der Waals surface area contributed by atoms with Crippen molar-refractivity contribution < 1.29 is 9.18 Å². The molecule has 2 aliphatic carbocycles. The highest BCUT2D eigenvalue weighted by atomic mass is 35.5. The van der Waals surface area contributed by atoms with Crippen molar-refractivity contribution >= 4 is 29.1 Å². The molecular formula is C19H25Cl2FN2O. The molecule has 3 rings (SSSR count). The predicted octanol–water partition coefficient (Wildman–Crippen LogP) is 5.14. The Balaban J connectivity index is 2.00. The highest BCUT2D eigenvalue weighted by molar-refractivity contribution is 6.42. The van der Waals surface area contributed by atoms with Crippen molar-refractivity contribution in [2.75, 3.05) is 0 Å². The molecule has 0 heterocycles. The van der Waals surface area contributed by atoms with Gasteiger partial charge >= 0.3 is 0 Å². The van der Waals surface area contributed by atoms with Crippen molar-refractivity contribution in [3.63, 3.8) is 0 Å². The van der Waals surface area contributed by atoms with Gasteiger partial charge in [0.25, 0.3) is 0 Å². The van der Waals surface area contributed by atoms with Gasteiger partial charge in [-0.05, 0) is 43.2 Å². The van der Waals surface area contributed by atoms with Gasteiger partial charge in [0, 0.05) is 5.56 Å². The molecule has 1 aromatic rings. The number of amides is 1. The van der Waals surface area contributed by atoms with Crippen LogP contribution in [0.5, 0.6) is 0 Å². The van der Waals surface area contributed by atoms with Crippen LogP contribution in [-0.2, 0) is 4.79 Å². The molecule has 6 heteroatoms. The Morgan fingerprint density at radius 3 is 2.32 bits per heavy atom. The zero-order valence-corrected chi connectivity index (χ0v) is 16.0. The maximum absolute atomic E-state index is 14.7. The molecule has 1 aromatic carbocycles. The number of benzene rings is 1. The summed E-state index contributed by atoms with van der Waals surface area (Å²) in [6, 6.07) is 2.23. The Kier molecular flexibility index (Phi) is 5.34. The van der Waals surface area contributed by atoms with E-state index in [4.69, 9.17) is 28.9 Å². The molecule has 25 heavy (non-hydrogen) atoms. The minimum atomic E-state index is -0.866. The van der Waals surface area contributed by atoms with Crippen molar-refractivity contribution in [2.45, 2.75) is 69.9 Å². The second kappa shape index (κ2) is 7.05. The summed E-state index contributed by atoms with van der Waals surface area (Å²) in [6.07, 6.45) is 7.11. The smallest absolute Gasteiger partial charge is 0.240 e. The summed E-state index contributed by atoms with van der Waals surface area (Å²) in [5.74, 6) is -0.649. The number of carbonyl (C=O) groups excluding carboxylic acids is 1. The highest BCUT2D eigenvalue weighted by Crippen LogP contribution is 2.50. The van der Waals surface area contributed by atoms with Crippen LogP contribution in [-0.4, -0.2) is 11.4 Å². The number of halogens is 3. The van der Waals surface area contributed by atoms with Crippen LogP contribution in [0.2, 0.25) is 10.0 Å². The summed E-state index contributed by atoms with van der Waals surface area (Å²) < 4.78 is 14.7. The van der Waals surface area contributed by atoms with Crippen LogP contribution in [0.4, 0.5) is 4.39 Å². The molecule has 0 bridgehead atoms. The number of nitrogens with two attached hydrogens (primary N) is 1. The molecule has 0 unspecified atom stereocenters. The third-order valence-corrected chi connectivity index (χ3v) is 6.85. The Morgan fingerprint density at radius 2 is 1.72 bits per heavy atom. The van der Waals surface area contributed by atoms with E-state index in [-0.39, 0.29) is 21.9 Å². The maximum atomic E-state index is 14.7. The molecule has 2 aliphatic rings. The zero-order chi connectivity index (χ0) is 18.2. The van der Waals surface area contributed by atoms with Gasteiger partial charge < -0.3 is 11.1 Å². The van der Waals surface area contributed by atoms with E-state index in [2.05, 4.69) is 12.2 Å². The van der Waals surface area contributed by atoms with Crippen LogP contribution >= 0.6 is 23.2 Å². The van der Waals surface area contributed by atoms with Crippen molar-refractivity contribution in [2.24, 2.45) is 11.1 Å². The number of nitrogens with one attached hydrogen (secondary N) is 1. The zero-order valence-electron chi connectivity index (χ0n) is 14.5. The van der Waals surface area contributed by atoms with Crippen molar-refractivity contribution in [3.05, 3.63) is 33.6 Å². The third-order valence-electron chi connectivity index (χ3n) is 6.03. The number of carbonyl (C=O) groups is 1. The van der Waals surface area contributed by atoms with Crippen LogP contribution in [0.1, 0.15) is 69.9 Å². The summed E-state index contributed by atoms with van der Waals surface area (Å²) in [5.41, 5.74) is 5.47. The molecule has 1 amide bonds. The fourth-order valence-electron chi connectivity index (χ4n) is 4.38. The van der Waals surface area contributed by atoms with Crippen LogP contribution in [0.25, 0.3) is 0 Å². The van der Waals surface area contributed by atoms with Crippen molar-refractivity contribution in [1.82, 2.24) is 5.32 Å². The Hall–Kier alpha value is -0.840. The Morgan fingerprint density at radius 1 is 1.16 bits per heavy atom. The fourth-order valence-corrected chi connectivity index (χ4v) is 4.81. The standard InChI is InChI=1S/C19H25Cl2FN2O/c1-18(8-2-3-9-18)16(14-13(22)7-6-12(20)15(14)21)24-17(25)19(23)10-4-5-11-19/h6-7,16H,2-5,8-11,23H2,1H3,(H,24,25)/t16-/m1/s1. The summed E-state index contributed by atoms with van der Waals surface area (Å²) in [5, 5.41) is 3.53. The summed E-state index contributed by atoms with van der Waals surface area (Å²) in [4.78, 5) is 12.9. The molecule has 0 saturated heterocycles. The molecule has 0 radical (unpaired) electrons. The summed E-state index contributed by atoms with van der Waals surface area (Å²) >= 11 is 12.5. The molecule has 1 atom stereocenters. The third kappa shape index (κ3) is 3.54. The van der Waals surface area contributed by atoms with E-state index in [1.54, 1.807) is 0 Å². The lowest BCUT2D eigenvalue weighted by molar-refractivity contribution is -0.128. The quantitative estimate of drug-likeness (QED) is 0.703. The van der Waals surface area contributed by atoms with Crippen LogP contribution in [0.15, 0.2) is 12.1 Å². The largest absolute Gasteiger partial charge is 0.347 e.